The lowest BCUT2D eigenvalue weighted by atomic mass is 10.1. The van der Waals surface area contributed by atoms with Crippen molar-refractivity contribution in [3.05, 3.63) is 53.6 Å². The number of hydrogen-bond donors (Lipinski definition) is 3. The maximum atomic E-state index is 11.8. The van der Waals surface area contributed by atoms with Gasteiger partial charge in [0.1, 0.15) is 17.1 Å². The fourth-order valence-electron chi connectivity index (χ4n) is 1.91. The fourth-order valence-corrected chi connectivity index (χ4v) is 1.91. The van der Waals surface area contributed by atoms with Crippen molar-refractivity contribution in [3.63, 3.8) is 0 Å². The number of Topliss-reactive ketones (excluding diaryl/α,β-unsaturated/α-hetero) is 1. The highest BCUT2D eigenvalue weighted by molar-refractivity contribution is 5.98. The van der Waals surface area contributed by atoms with Gasteiger partial charge in [-0.2, -0.15) is 0 Å². The topological polar surface area (TPSA) is 113 Å². The molecule has 7 heteroatoms. The monoisotopic (exact) mass is 329 g/mol. The van der Waals surface area contributed by atoms with Crippen molar-refractivity contribution in [2.75, 3.05) is 11.9 Å². The average Bonchev–Trinajstić information content (AvgIpc) is 2.53. The molecule has 0 aliphatic heterocycles. The number of carbonyl (C=O) groups is 3. The zero-order chi connectivity index (χ0) is 17.7. The lowest BCUT2D eigenvalue weighted by molar-refractivity contribution is -0.119. The van der Waals surface area contributed by atoms with Crippen molar-refractivity contribution in [1.29, 1.82) is 0 Å². The zero-order valence-electron chi connectivity index (χ0n) is 12.8. The molecule has 124 valence electrons. The van der Waals surface area contributed by atoms with Crippen molar-refractivity contribution in [2.24, 2.45) is 0 Å². The number of ether oxygens (including phenoxy) is 1. The highest BCUT2D eigenvalue weighted by Gasteiger charge is 2.15. The summed E-state index contributed by atoms with van der Waals surface area (Å²) in [7, 11) is 0. The van der Waals surface area contributed by atoms with Gasteiger partial charge in [0.05, 0.1) is 0 Å². The molecule has 0 aliphatic rings. The number of phenolic OH excluding ortho intramolecular Hbond substituents is 2. The molecule has 0 radical (unpaired) electrons. The van der Waals surface area contributed by atoms with Crippen LogP contribution in [0.25, 0.3) is 0 Å². The summed E-state index contributed by atoms with van der Waals surface area (Å²) in [5, 5.41) is 21.2. The van der Waals surface area contributed by atoms with Gasteiger partial charge in [0.15, 0.2) is 12.4 Å². The van der Waals surface area contributed by atoms with Crippen LogP contribution < -0.4 is 5.32 Å². The van der Waals surface area contributed by atoms with Crippen LogP contribution in [0.1, 0.15) is 27.6 Å². The van der Waals surface area contributed by atoms with Crippen LogP contribution in [0.4, 0.5) is 5.69 Å². The SMILES string of the molecule is CC(=O)c1cccc(NC(=O)COC(=O)c2ccc(O)cc2O)c1. The lowest BCUT2D eigenvalue weighted by Crippen LogP contribution is -2.21. The second-order valence-corrected chi connectivity index (χ2v) is 4.96. The summed E-state index contributed by atoms with van der Waals surface area (Å²) in [6.45, 7) is 0.844. The molecule has 0 atom stereocenters. The van der Waals surface area contributed by atoms with Crippen molar-refractivity contribution in [2.45, 2.75) is 6.92 Å². The summed E-state index contributed by atoms with van der Waals surface area (Å²) in [4.78, 5) is 34.9. The molecular formula is C17H15NO6. The van der Waals surface area contributed by atoms with Gasteiger partial charge in [-0.15, -0.1) is 0 Å². The zero-order valence-corrected chi connectivity index (χ0v) is 12.8. The van der Waals surface area contributed by atoms with E-state index in [1.54, 1.807) is 18.2 Å². The Bertz CT molecular complexity index is 799. The van der Waals surface area contributed by atoms with Crippen LogP contribution in [0.15, 0.2) is 42.5 Å². The lowest BCUT2D eigenvalue weighted by Gasteiger charge is -2.08. The standard InChI is InChI=1S/C17H15NO6/c1-10(19)11-3-2-4-12(7-11)18-16(22)9-24-17(23)14-6-5-13(20)8-15(14)21/h2-8,20-21H,9H2,1H3,(H,18,22). The van der Waals surface area contributed by atoms with Gasteiger partial charge in [-0.1, -0.05) is 12.1 Å². The van der Waals surface area contributed by atoms with Crippen LogP contribution in [0, 0.1) is 0 Å². The molecule has 0 aromatic heterocycles. The first-order chi connectivity index (χ1) is 11.4. The molecule has 7 nitrogen and oxygen atoms in total. The van der Waals surface area contributed by atoms with Gasteiger partial charge < -0.3 is 20.3 Å². The Morgan fingerprint density at radius 1 is 1.08 bits per heavy atom. The third kappa shape index (κ3) is 4.33. The van der Waals surface area contributed by atoms with Crippen molar-refractivity contribution < 1.29 is 29.3 Å². The van der Waals surface area contributed by atoms with Crippen LogP contribution in [-0.2, 0) is 9.53 Å². The molecule has 0 saturated heterocycles. The molecule has 2 aromatic carbocycles. The van der Waals surface area contributed by atoms with Gasteiger partial charge >= 0.3 is 5.97 Å². The summed E-state index contributed by atoms with van der Waals surface area (Å²) in [5.41, 5.74) is 0.675. The summed E-state index contributed by atoms with van der Waals surface area (Å²) < 4.78 is 4.80. The second-order valence-electron chi connectivity index (χ2n) is 4.96. The van der Waals surface area contributed by atoms with Crippen molar-refractivity contribution >= 4 is 23.3 Å². The predicted octanol–water partition coefficient (Wildman–Crippen LogP) is 2.10. The van der Waals surface area contributed by atoms with Crippen molar-refractivity contribution in [1.82, 2.24) is 0 Å². The smallest absolute Gasteiger partial charge is 0.342 e. The molecule has 24 heavy (non-hydrogen) atoms. The first-order valence-corrected chi connectivity index (χ1v) is 6.97. The molecule has 0 bridgehead atoms. The van der Waals surface area contributed by atoms with E-state index < -0.39 is 24.2 Å². The van der Waals surface area contributed by atoms with Gasteiger partial charge in [-0.05, 0) is 31.2 Å². The number of rotatable bonds is 5. The Kier molecular flexibility index (Phi) is 5.16. The molecule has 2 rings (SSSR count). The molecule has 0 aliphatic carbocycles. The molecule has 0 spiro atoms. The maximum Gasteiger partial charge on any atom is 0.342 e. The minimum absolute atomic E-state index is 0.139. The molecule has 0 heterocycles. The summed E-state index contributed by atoms with van der Waals surface area (Å²) in [5.74, 6) is -2.29. The van der Waals surface area contributed by atoms with Gasteiger partial charge in [-0.3, -0.25) is 9.59 Å². The Labute approximate surface area is 137 Å². The largest absolute Gasteiger partial charge is 0.508 e. The Balaban J connectivity index is 1.94. The van der Waals surface area contributed by atoms with E-state index in [1.807, 2.05) is 0 Å². The van der Waals surface area contributed by atoms with Crippen LogP contribution in [0.5, 0.6) is 11.5 Å². The number of carbonyl (C=O) groups excluding carboxylic acids is 3. The van der Waals surface area contributed by atoms with Crippen LogP contribution in [0.2, 0.25) is 0 Å². The first kappa shape index (κ1) is 17.0. The number of nitrogens with one attached hydrogen (secondary N) is 1. The Hall–Kier alpha value is -3.35. The number of hydrogen-bond acceptors (Lipinski definition) is 6. The number of phenols is 2. The third-order valence-electron chi connectivity index (χ3n) is 3.09. The molecule has 0 unspecified atom stereocenters. The van der Waals surface area contributed by atoms with Gasteiger partial charge in [0, 0.05) is 17.3 Å². The van der Waals surface area contributed by atoms with Gasteiger partial charge in [0.2, 0.25) is 0 Å². The third-order valence-corrected chi connectivity index (χ3v) is 3.09. The van der Waals surface area contributed by atoms with Crippen molar-refractivity contribution in [3.8, 4) is 11.5 Å². The van der Waals surface area contributed by atoms with Crippen LogP contribution in [0.3, 0.4) is 0 Å². The molecule has 3 N–H and O–H groups in total. The first-order valence-electron chi connectivity index (χ1n) is 6.97. The number of ketones is 1. The Morgan fingerprint density at radius 3 is 2.50 bits per heavy atom. The van der Waals surface area contributed by atoms with E-state index >= 15 is 0 Å². The van der Waals surface area contributed by atoms with E-state index in [1.165, 1.54) is 25.1 Å². The normalized spacial score (nSPS) is 10.0. The summed E-state index contributed by atoms with van der Waals surface area (Å²) in [6, 6.07) is 9.72. The molecule has 0 fully saturated rings. The Morgan fingerprint density at radius 2 is 1.83 bits per heavy atom. The van der Waals surface area contributed by atoms with E-state index in [2.05, 4.69) is 5.32 Å². The predicted molar refractivity (Wildman–Crippen MR) is 85.1 cm³/mol. The quantitative estimate of drug-likeness (QED) is 0.572. The highest BCUT2D eigenvalue weighted by atomic mass is 16.5. The number of benzene rings is 2. The van der Waals surface area contributed by atoms with Crippen LogP contribution in [-0.4, -0.2) is 34.5 Å². The maximum absolute atomic E-state index is 11.8. The van der Waals surface area contributed by atoms with Crippen LogP contribution >= 0.6 is 0 Å². The molecule has 1 amide bonds. The minimum Gasteiger partial charge on any atom is -0.508 e. The van der Waals surface area contributed by atoms with E-state index in [0.717, 1.165) is 6.07 Å². The average molecular weight is 329 g/mol. The minimum atomic E-state index is -0.903. The summed E-state index contributed by atoms with van der Waals surface area (Å²) >= 11 is 0. The van der Waals surface area contributed by atoms with E-state index in [4.69, 9.17) is 9.84 Å². The van der Waals surface area contributed by atoms with Gasteiger partial charge in [0.25, 0.3) is 5.91 Å². The highest BCUT2D eigenvalue weighted by Crippen LogP contribution is 2.23. The van der Waals surface area contributed by atoms with E-state index in [0.29, 0.717) is 11.3 Å². The number of esters is 1. The van der Waals surface area contributed by atoms with E-state index in [9.17, 15) is 19.5 Å². The molecule has 0 saturated carbocycles. The number of aromatic hydroxyl groups is 2. The molecular weight excluding hydrogens is 314 g/mol. The van der Waals surface area contributed by atoms with E-state index in [-0.39, 0.29) is 17.1 Å². The fraction of sp³-hybridized carbons (Fsp3) is 0.118. The number of anilines is 1. The molecule has 2 aromatic rings. The van der Waals surface area contributed by atoms with Gasteiger partial charge in [-0.25, -0.2) is 4.79 Å². The number of amides is 1. The summed E-state index contributed by atoms with van der Waals surface area (Å²) in [6.07, 6.45) is 0. The second kappa shape index (κ2) is 7.28.